The van der Waals surface area contributed by atoms with Crippen molar-refractivity contribution >= 4 is 29.2 Å². The highest BCUT2D eigenvalue weighted by Gasteiger charge is 2.20. The minimum absolute atomic E-state index is 0.271. The molecule has 0 bridgehead atoms. The summed E-state index contributed by atoms with van der Waals surface area (Å²) >= 11 is 2.57. The summed E-state index contributed by atoms with van der Waals surface area (Å²) in [6, 6.07) is 11.2. The monoisotopic (exact) mass is 541 g/mol. The maximum Gasteiger partial charge on any atom is 0.221 e. The number of aliphatic hydroxyl groups is 1. The van der Waals surface area contributed by atoms with Crippen LogP contribution in [0.25, 0.3) is 11.1 Å². The van der Waals surface area contributed by atoms with Gasteiger partial charge in [-0.2, -0.15) is 0 Å². The largest absolute Gasteiger partial charge is 0.383 e. The number of benzene rings is 2. The molecule has 0 saturated heterocycles. The number of hydrogen-bond donors (Lipinski definition) is 3. The van der Waals surface area contributed by atoms with Crippen molar-refractivity contribution in [3.05, 3.63) is 69.4 Å². The molecule has 37 heavy (non-hydrogen) atoms. The summed E-state index contributed by atoms with van der Waals surface area (Å²) in [5, 5.41) is 15.5. The van der Waals surface area contributed by atoms with E-state index in [0.717, 1.165) is 34.7 Å². The van der Waals surface area contributed by atoms with Crippen molar-refractivity contribution in [2.24, 2.45) is 10.9 Å². The highest BCUT2D eigenvalue weighted by molar-refractivity contribution is 7.99. The third-order valence-electron chi connectivity index (χ3n) is 6.35. The van der Waals surface area contributed by atoms with Crippen LogP contribution >= 0.6 is 23.3 Å². The number of ether oxygens (including phenoxy) is 1. The van der Waals surface area contributed by atoms with Crippen LogP contribution in [-0.4, -0.2) is 22.6 Å². The van der Waals surface area contributed by atoms with E-state index in [0.29, 0.717) is 29.9 Å². The Morgan fingerprint density at radius 3 is 2.24 bits per heavy atom. The average molecular weight is 542 g/mol. The Labute approximate surface area is 229 Å². The van der Waals surface area contributed by atoms with Crippen LogP contribution < -0.4 is 10.9 Å². The topological polar surface area (TPSA) is 111 Å². The molecule has 1 aliphatic rings. The first-order chi connectivity index (χ1) is 17.4. The van der Waals surface area contributed by atoms with Crippen LogP contribution in [0.1, 0.15) is 86.2 Å². The van der Waals surface area contributed by atoms with Crippen LogP contribution in [0.15, 0.2) is 40.7 Å². The lowest BCUT2D eigenvalue weighted by Crippen LogP contribution is -2.17. The van der Waals surface area contributed by atoms with E-state index in [1.807, 2.05) is 0 Å². The first-order valence-corrected chi connectivity index (χ1v) is 14.3. The number of amides is 1. The molecule has 5 N–H and O–H groups in total. The first-order valence-electron chi connectivity index (χ1n) is 12.6. The highest BCUT2D eigenvalue weighted by atomic mass is 32.2. The molecule has 0 unspecified atom stereocenters. The molecular weight excluding hydrogens is 502 g/mol. The fraction of sp³-hybridized carbons (Fsp3) is 0.448. The molecule has 2 heterocycles. The fourth-order valence-electron chi connectivity index (χ4n) is 4.44. The summed E-state index contributed by atoms with van der Waals surface area (Å²) in [6.07, 6.45) is 2.96. The molecule has 0 fully saturated rings. The Kier molecular flexibility index (Phi) is 9.94. The van der Waals surface area contributed by atoms with Gasteiger partial charge in [-0.3, -0.25) is 9.93 Å². The number of thiazole rings is 1. The van der Waals surface area contributed by atoms with Gasteiger partial charge in [0.25, 0.3) is 0 Å². The van der Waals surface area contributed by atoms with E-state index in [1.54, 1.807) is 20.0 Å². The molecule has 8 heteroatoms. The van der Waals surface area contributed by atoms with Gasteiger partial charge in [-0.15, -0.1) is 11.3 Å². The lowest BCUT2D eigenvalue weighted by molar-refractivity contribution is -0.117. The van der Waals surface area contributed by atoms with E-state index in [1.165, 1.54) is 44.7 Å². The number of primary amides is 1. The number of carbonyl (C=O) groups excluding carboxylic acids is 1. The third kappa shape index (κ3) is 7.65. The lowest BCUT2D eigenvalue weighted by atomic mass is 9.83. The van der Waals surface area contributed by atoms with Crippen LogP contribution in [0.3, 0.4) is 0 Å². The van der Waals surface area contributed by atoms with Gasteiger partial charge >= 0.3 is 0 Å². The number of nitrogens with zero attached hydrogens (tertiary/aromatic N) is 1. The van der Waals surface area contributed by atoms with Crippen LogP contribution in [0.2, 0.25) is 0 Å². The minimum Gasteiger partial charge on any atom is -0.383 e. The summed E-state index contributed by atoms with van der Waals surface area (Å²) in [4.78, 5) is 15.7. The number of hydrogen-bond acceptors (Lipinski definition) is 7. The molecule has 0 saturated carbocycles. The standard InChI is InChI=1S/C23H29NO2.C6H10N2OS2/c1-14(2)20-10-18(11-21(15(3)4)22(20)12-23(24)25)17-6-5-16-7-8-26-13-19(16)9-17;1-6(2,9)5-8-3-4(10-5)11-7/h5-6,9-11,14-15H,7-8,12-13H2,1-4H3,(H2,24,25);3,9H,7H2,1-2H3. The van der Waals surface area contributed by atoms with Crippen molar-refractivity contribution in [1.82, 2.24) is 4.98 Å². The van der Waals surface area contributed by atoms with Crippen molar-refractivity contribution in [2.75, 3.05) is 6.61 Å². The number of aromatic nitrogens is 1. The number of nitrogens with two attached hydrogens (primary N) is 2. The van der Waals surface area contributed by atoms with E-state index in [4.69, 9.17) is 15.6 Å². The van der Waals surface area contributed by atoms with Gasteiger partial charge in [0.2, 0.25) is 5.91 Å². The van der Waals surface area contributed by atoms with Crippen molar-refractivity contribution in [2.45, 2.75) is 82.6 Å². The van der Waals surface area contributed by atoms with Gasteiger partial charge in [0.1, 0.15) is 10.6 Å². The van der Waals surface area contributed by atoms with Gasteiger partial charge in [0.05, 0.1) is 30.0 Å². The number of fused-ring (bicyclic) bond motifs is 1. The highest BCUT2D eigenvalue weighted by Crippen LogP contribution is 2.35. The maximum atomic E-state index is 11.6. The van der Waals surface area contributed by atoms with Crippen molar-refractivity contribution in [3.63, 3.8) is 0 Å². The van der Waals surface area contributed by atoms with Crippen molar-refractivity contribution in [1.29, 1.82) is 0 Å². The molecule has 4 rings (SSSR count). The molecule has 0 atom stereocenters. The van der Waals surface area contributed by atoms with Gasteiger partial charge in [0.15, 0.2) is 0 Å². The molecule has 200 valence electrons. The van der Waals surface area contributed by atoms with E-state index < -0.39 is 5.60 Å². The average Bonchev–Trinajstić information content (AvgIpc) is 3.34. The van der Waals surface area contributed by atoms with E-state index >= 15 is 0 Å². The predicted octanol–water partition coefficient (Wildman–Crippen LogP) is 6.04. The fourth-order valence-corrected chi connectivity index (χ4v) is 5.63. The second-order valence-electron chi connectivity index (χ2n) is 10.5. The van der Waals surface area contributed by atoms with E-state index in [2.05, 4.69) is 63.0 Å². The molecule has 0 spiro atoms. The van der Waals surface area contributed by atoms with Crippen LogP contribution in [0, 0.1) is 0 Å². The molecule has 6 nitrogen and oxygen atoms in total. The quantitative estimate of drug-likeness (QED) is 0.315. The van der Waals surface area contributed by atoms with Crippen molar-refractivity contribution < 1.29 is 14.6 Å². The zero-order chi connectivity index (χ0) is 27.3. The zero-order valence-corrected chi connectivity index (χ0v) is 24.3. The van der Waals surface area contributed by atoms with E-state index in [9.17, 15) is 9.90 Å². The Hall–Kier alpha value is -2.23. The SMILES string of the molecule is CC(C)(O)c1ncc(SN)s1.CC(C)c1cc(-c2ccc3c(c2)COCC3)cc(C(C)C)c1CC(N)=O. The summed E-state index contributed by atoms with van der Waals surface area (Å²) in [6.45, 7) is 13.6. The van der Waals surface area contributed by atoms with Gasteiger partial charge in [-0.05, 0) is 89.1 Å². The van der Waals surface area contributed by atoms with Crippen LogP contribution in [0.5, 0.6) is 0 Å². The second kappa shape index (κ2) is 12.5. The Morgan fingerprint density at radius 2 is 1.76 bits per heavy atom. The molecule has 1 aliphatic heterocycles. The zero-order valence-electron chi connectivity index (χ0n) is 22.6. The predicted molar refractivity (Wildman–Crippen MR) is 154 cm³/mol. The minimum atomic E-state index is -0.849. The van der Waals surface area contributed by atoms with Crippen LogP contribution in [-0.2, 0) is 34.6 Å². The molecule has 0 aliphatic carbocycles. The third-order valence-corrected chi connectivity index (χ3v) is 8.33. The van der Waals surface area contributed by atoms with E-state index in [-0.39, 0.29) is 5.91 Å². The lowest BCUT2D eigenvalue weighted by Gasteiger charge is -2.22. The van der Waals surface area contributed by atoms with Gasteiger partial charge < -0.3 is 15.6 Å². The number of carbonyl (C=O) groups is 1. The summed E-state index contributed by atoms with van der Waals surface area (Å²) in [5.41, 5.74) is 13.3. The molecule has 1 amide bonds. The number of rotatable bonds is 7. The maximum absolute atomic E-state index is 11.6. The molecule has 2 aromatic carbocycles. The Bertz CT molecular complexity index is 1200. The normalized spacial score (nSPS) is 13.4. The summed E-state index contributed by atoms with van der Waals surface area (Å²) in [5.74, 6) is 0.401. The summed E-state index contributed by atoms with van der Waals surface area (Å²) < 4.78 is 6.54. The van der Waals surface area contributed by atoms with Gasteiger partial charge in [0, 0.05) is 0 Å². The van der Waals surface area contributed by atoms with Gasteiger partial charge in [-0.25, -0.2) is 4.98 Å². The van der Waals surface area contributed by atoms with Gasteiger partial charge in [-0.1, -0.05) is 52.0 Å². The molecular formula is C29H39N3O3S2. The first kappa shape index (κ1) is 29.3. The van der Waals surface area contributed by atoms with Crippen molar-refractivity contribution in [3.8, 4) is 11.1 Å². The Balaban J connectivity index is 0.000000289. The second-order valence-corrected chi connectivity index (χ2v) is 12.5. The van der Waals surface area contributed by atoms with Crippen LogP contribution in [0.4, 0.5) is 0 Å². The smallest absolute Gasteiger partial charge is 0.221 e. The molecule has 3 aromatic rings. The molecule has 1 aromatic heterocycles. The summed E-state index contributed by atoms with van der Waals surface area (Å²) in [7, 11) is 0. The molecule has 0 radical (unpaired) electrons. The Morgan fingerprint density at radius 1 is 1.11 bits per heavy atom.